The number of fused-ring (bicyclic) bond motifs is 4. The van der Waals surface area contributed by atoms with Gasteiger partial charge in [-0.05, 0) is 61.6 Å². The fraction of sp³-hybridized carbons (Fsp3) is 0.441. The number of hydrogen-bond acceptors (Lipinski definition) is 5. The van der Waals surface area contributed by atoms with Crippen molar-refractivity contribution >= 4 is 29.0 Å². The number of carbonyl (C=O) groups excluding carboxylic acids is 2. The van der Waals surface area contributed by atoms with E-state index in [1.807, 2.05) is 34.9 Å². The quantitative estimate of drug-likeness (QED) is 0.332. The molecule has 226 valence electrons. The van der Waals surface area contributed by atoms with E-state index in [1.54, 1.807) is 31.4 Å². The molecule has 3 aromatic rings. The Bertz CT molecular complexity index is 1530. The molecule has 43 heavy (non-hydrogen) atoms. The van der Waals surface area contributed by atoms with E-state index in [0.29, 0.717) is 35.2 Å². The van der Waals surface area contributed by atoms with Gasteiger partial charge in [-0.25, -0.2) is 4.79 Å². The molecule has 6 rings (SSSR count). The van der Waals surface area contributed by atoms with E-state index in [1.165, 1.54) is 19.3 Å². The molecule has 2 fully saturated rings. The molecular weight excluding hydrogens is 542 g/mol. The average Bonchev–Trinajstić information content (AvgIpc) is 2.99. The van der Waals surface area contributed by atoms with Crippen molar-refractivity contribution in [2.24, 2.45) is 5.92 Å². The van der Waals surface area contributed by atoms with Gasteiger partial charge < -0.3 is 30.2 Å². The third kappa shape index (κ3) is 6.71. The van der Waals surface area contributed by atoms with Crippen LogP contribution in [0, 0.1) is 5.92 Å². The highest BCUT2D eigenvalue weighted by Crippen LogP contribution is 2.39. The molecule has 9 nitrogen and oxygen atoms in total. The van der Waals surface area contributed by atoms with Crippen LogP contribution in [0.15, 0.2) is 65.5 Å². The second-order valence-electron chi connectivity index (χ2n) is 12.2. The number of hydrogen-bond donors (Lipinski definition) is 3. The van der Waals surface area contributed by atoms with Gasteiger partial charge in [-0.2, -0.15) is 0 Å². The first kappa shape index (κ1) is 28.8. The molecule has 2 bridgehead atoms. The summed E-state index contributed by atoms with van der Waals surface area (Å²) >= 11 is 0. The third-order valence-corrected chi connectivity index (χ3v) is 9.10. The molecule has 3 heterocycles. The number of anilines is 3. The first-order valence-corrected chi connectivity index (χ1v) is 15.6. The molecule has 0 radical (unpaired) electrons. The molecule has 3 aliphatic rings. The van der Waals surface area contributed by atoms with Gasteiger partial charge in [0.05, 0.1) is 18.5 Å². The van der Waals surface area contributed by atoms with Gasteiger partial charge in [0.15, 0.2) is 0 Å². The Labute approximate surface area is 252 Å². The Morgan fingerprint density at radius 3 is 2.47 bits per heavy atom. The minimum absolute atomic E-state index is 0.0527. The Morgan fingerprint density at radius 2 is 1.65 bits per heavy atom. The van der Waals surface area contributed by atoms with E-state index in [4.69, 9.17) is 4.74 Å². The van der Waals surface area contributed by atoms with Crippen LogP contribution in [-0.2, 0) is 6.54 Å². The highest BCUT2D eigenvalue weighted by Gasteiger charge is 2.35. The van der Waals surface area contributed by atoms with Gasteiger partial charge in [0.25, 0.3) is 11.5 Å². The number of methoxy groups -OCH3 is 1. The standard InChI is InChI=1S/C34H41N5O4/c1-43-28-12-7-11-27(19-28)36-34(42)37-29-18-24(33(41)35-26-9-5-3-2-4-6-10-26)15-16-31(29)38-20-23-17-25(22-38)30-13-8-14-32(40)39(30)21-23/h7-8,11-16,18-19,23,25-26H,2-6,9-10,17,20-22H2,1H3,(H,35,41)(H2,36,37,42)/t23-,25+/m1/s1. The van der Waals surface area contributed by atoms with Crippen LogP contribution >= 0.6 is 0 Å². The molecule has 3 amide bonds. The van der Waals surface area contributed by atoms with E-state index in [-0.39, 0.29) is 23.4 Å². The summed E-state index contributed by atoms with van der Waals surface area (Å²) in [5, 5.41) is 9.19. The molecule has 1 saturated heterocycles. The summed E-state index contributed by atoms with van der Waals surface area (Å²) in [6.45, 7) is 2.17. The van der Waals surface area contributed by atoms with Crippen LogP contribution in [0.4, 0.5) is 21.9 Å². The zero-order valence-electron chi connectivity index (χ0n) is 24.8. The van der Waals surface area contributed by atoms with Crippen LogP contribution in [0.2, 0.25) is 0 Å². The smallest absolute Gasteiger partial charge is 0.323 e. The minimum Gasteiger partial charge on any atom is -0.497 e. The van der Waals surface area contributed by atoms with E-state index in [9.17, 15) is 14.4 Å². The number of benzene rings is 2. The van der Waals surface area contributed by atoms with Crippen LogP contribution in [0.3, 0.4) is 0 Å². The SMILES string of the molecule is COc1cccc(NC(=O)Nc2cc(C(=O)NC3CCCCCCC3)ccc2N2C[C@H]3C[C@@H](C2)c2cccc(=O)n2C3)c1. The Morgan fingerprint density at radius 1 is 0.860 bits per heavy atom. The summed E-state index contributed by atoms with van der Waals surface area (Å²) in [6.07, 6.45) is 9.00. The Hall–Kier alpha value is -4.27. The van der Waals surface area contributed by atoms with Gasteiger partial charge in [-0.1, -0.05) is 44.2 Å². The number of rotatable bonds is 6. The highest BCUT2D eigenvalue weighted by atomic mass is 16.5. The summed E-state index contributed by atoms with van der Waals surface area (Å²) in [6, 6.07) is 18.1. The number of piperidine rings is 1. The van der Waals surface area contributed by atoms with Crippen LogP contribution in [0.5, 0.6) is 5.75 Å². The third-order valence-electron chi connectivity index (χ3n) is 9.10. The van der Waals surface area contributed by atoms with E-state index in [0.717, 1.165) is 56.6 Å². The lowest BCUT2D eigenvalue weighted by molar-refractivity contribution is 0.0930. The fourth-order valence-corrected chi connectivity index (χ4v) is 7.00. The maximum absolute atomic E-state index is 13.4. The van der Waals surface area contributed by atoms with Crippen molar-refractivity contribution in [1.82, 2.24) is 9.88 Å². The monoisotopic (exact) mass is 583 g/mol. The Kier molecular flexibility index (Phi) is 8.67. The molecule has 2 aliphatic heterocycles. The molecular formula is C34H41N5O4. The van der Waals surface area contributed by atoms with Gasteiger partial charge in [0.1, 0.15) is 5.75 Å². The maximum Gasteiger partial charge on any atom is 0.323 e. The lowest BCUT2D eigenvalue weighted by atomic mass is 9.83. The van der Waals surface area contributed by atoms with Crippen LogP contribution in [0.25, 0.3) is 0 Å². The van der Waals surface area contributed by atoms with E-state index < -0.39 is 6.03 Å². The summed E-state index contributed by atoms with van der Waals surface area (Å²) < 4.78 is 7.21. The number of nitrogens with one attached hydrogen (secondary N) is 3. The van der Waals surface area contributed by atoms with Crippen molar-refractivity contribution in [1.29, 1.82) is 0 Å². The second-order valence-corrected chi connectivity index (χ2v) is 12.2. The van der Waals surface area contributed by atoms with Crippen molar-refractivity contribution in [3.8, 4) is 5.75 Å². The normalized spacial score (nSPS) is 20.3. The first-order valence-electron chi connectivity index (χ1n) is 15.6. The summed E-state index contributed by atoms with van der Waals surface area (Å²) in [5.41, 5.74) is 3.69. The molecule has 0 spiro atoms. The lowest BCUT2D eigenvalue weighted by Gasteiger charge is -2.44. The van der Waals surface area contributed by atoms with Gasteiger partial charge in [0, 0.05) is 60.7 Å². The number of nitrogens with zero attached hydrogens (tertiary/aromatic N) is 2. The van der Waals surface area contributed by atoms with E-state index in [2.05, 4.69) is 26.9 Å². The molecule has 1 aliphatic carbocycles. The van der Waals surface area contributed by atoms with Crippen LogP contribution in [0.1, 0.15) is 73.3 Å². The van der Waals surface area contributed by atoms with Gasteiger partial charge in [-0.3, -0.25) is 9.59 Å². The summed E-state index contributed by atoms with van der Waals surface area (Å²) in [4.78, 5) is 41.5. The summed E-state index contributed by atoms with van der Waals surface area (Å²) in [7, 11) is 1.58. The van der Waals surface area contributed by atoms with Crippen molar-refractivity contribution in [2.45, 2.75) is 69.9 Å². The second kappa shape index (κ2) is 12.9. The van der Waals surface area contributed by atoms with Crippen molar-refractivity contribution in [3.05, 3.63) is 82.3 Å². The Balaban J connectivity index is 1.26. The van der Waals surface area contributed by atoms with Gasteiger partial charge in [0.2, 0.25) is 0 Å². The number of aromatic nitrogens is 1. The van der Waals surface area contributed by atoms with Crippen LogP contribution in [-0.4, -0.2) is 42.7 Å². The van der Waals surface area contributed by atoms with Gasteiger partial charge >= 0.3 is 6.03 Å². The predicted molar refractivity (Wildman–Crippen MR) is 169 cm³/mol. The number of urea groups is 1. The average molecular weight is 584 g/mol. The number of pyridine rings is 1. The topological polar surface area (TPSA) is 105 Å². The molecule has 3 N–H and O–H groups in total. The minimum atomic E-state index is -0.402. The summed E-state index contributed by atoms with van der Waals surface area (Å²) in [5.74, 6) is 1.05. The zero-order valence-corrected chi connectivity index (χ0v) is 24.8. The molecule has 9 heteroatoms. The molecule has 1 saturated carbocycles. The first-order chi connectivity index (χ1) is 21.0. The zero-order chi connectivity index (χ0) is 29.8. The number of carbonyl (C=O) groups is 2. The molecule has 2 aromatic carbocycles. The molecule has 2 atom stereocenters. The van der Waals surface area contributed by atoms with Gasteiger partial charge in [-0.15, -0.1) is 0 Å². The lowest BCUT2D eigenvalue weighted by Crippen LogP contribution is -2.47. The maximum atomic E-state index is 13.4. The number of ether oxygens (including phenoxy) is 1. The fourth-order valence-electron chi connectivity index (χ4n) is 7.00. The highest BCUT2D eigenvalue weighted by molar-refractivity contribution is 6.04. The predicted octanol–water partition coefficient (Wildman–Crippen LogP) is 5.97. The number of amides is 3. The van der Waals surface area contributed by atoms with Crippen molar-refractivity contribution in [3.63, 3.8) is 0 Å². The van der Waals surface area contributed by atoms with Crippen molar-refractivity contribution < 1.29 is 14.3 Å². The molecule has 0 unspecified atom stereocenters. The van der Waals surface area contributed by atoms with Crippen molar-refractivity contribution in [2.75, 3.05) is 35.7 Å². The van der Waals surface area contributed by atoms with Crippen LogP contribution < -0.4 is 31.1 Å². The largest absolute Gasteiger partial charge is 0.497 e. The van der Waals surface area contributed by atoms with E-state index >= 15 is 0 Å². The molecule has 1 aromatic heterocycles.